The van der Waals surface area contributed by atoms with E-state index < -0.39 is 0 Å². The summed E-state index contributed by atoms with van der Waals surface area (Å²) in [4.78, 5) is 27.7. The Kier molecular flexibility index (Phi) is 5.20. The zero-order valence-corrected chi connectivity index (χ0v) is 19.3. The minimum Gasteiger partial charge on any atom is -0.507 e. The van der Waals surface area contributed by atoms with Gasteiger partial charge in [-0.25, -0.2) is 0 Å². The number of anilines is 3. The lowest BCUT2D eigenvalue weighted by Gasteiger charge is -2.27. The van der Waals surface area contributed by atoms with Gasteiger partial charge in [-0.05, 0) is 41.8 Å². The molecule has 1 aliphatic rings. The van der Waals surface area contributed by atoms with E-state index in [2.05, 4.69) is 29.2 Å². The fraction of sp³-hybridized carbons (Fsp3) is 0. The first-order valence-electron chi connectivity index (χ1n) is 11.7. The maximum Gasteiger partial charge on any atom is 0.197 e. The third-order valence-corrected chi connectivity index (χ3v) is 6.50. The minimum atomic E-state index is -0.319. The number of carbonyl (C=O) groups excluding carboxylic acids is 2. The molecule has 1 aliphatic carbocycles. The van der Waals surface area contributed by atoms with E-state index in [9.17, 15) is 14.7 Å². The summed E-state index contributed by atoms with van der Waals surface area (Å²) in [6.07, 6.45) is 1.48. The van der Waals surface area contributed by atoms with E-state index in [0.29, 0.717) is 16.7 Å². The van der Waals surface area contributed by atoms with Crippen LogP contribution < -0.4 is 4.90 Å². The summed E-state index contributed by atoms with van der Waals surface area (Å²) in [5.41, 5.74) is 3.94. The summed E-state index contributed by atoms with van der Waals surface area (Å²) in [7, 11) is 0. The number of fused-ring (bicyclic) bond motifs is 2. The van der Waals surface area contributed by atoms with Crippen LogP contribution in [-0.4, -0.2) is 16.7 Å². The highest BCUT2D eigenvalue weighted by Gasteiger charge is 2.32. The van der Waals surface area contributed by atoms with E-state index in [0.717, 1.165) is 27.8 Å². The molecule has 0 radical (unpaired) electrons. The number of aromatic hydroxyl groups is 1. The summed E-state index contributed by atoms with van der Waals surface area (Å²) in [5, 5.41) is 13.2. The molecule has 0 fully saturated rings. The smallest absolute Gasteiger partial charge is 0.197 e. The number of benzene rings is 5. The van der Waals surface area contributed by atoms with Gasteiger partial charge in [0, 0.05) is 39.5 Å². The number of hydrogen-bond donors (Lipinski definition) is 1. The van der Waals surface area contributed by atoms with Crippen LogP contribution in [0, 0.1) is 0 Å². The molecule has 0 spiro atoms. The number of nitrogens with zero attached hydrogens (tertiary/aromatic N) is 1. The van der Waals surface area contributed by atoms with Crippen LogP contribution in [0.5, 0.6) is 5.75 Å². The number of para-hydroxylation sites is 1. The molecule has 0 bridgehead atoms. The molecule has 5 aromatic rings. The van der Waals surface area contributed by atoms with Gasteiger partial charge in [0.15, 0.2) is 11.6 Å². The quantitative estimate of drug-likeness (QED) is 0.220. The van der Waals surface area contributed by atoms with Gasteiger partial charge in [-0.15, -0.1) is 0 Å². The van der Waals surface area contributed by atoms with Gasteiger partial charge in [-0.2, -0.15) is 0 Å². The van der Waals surface area contributed by atoms with E-state index in [1.807, 2.05) is 54.6 Å². The maximum absolute atomic E-state index is 12.8. The van der Waals surface area contributed by atoms with Crippen LogP contribution in [0.25, 0.3) is 16.8 Å². The Morgan fingerprint density at radius 3 is 1.97 bits per heavy atom. The molecule has 0 amide bonds. The van der Waals surface area contributed by atoms with Gasteiger partial charge in [-0.3, -0.25) is 9.59 Å². The summed E-state index contributed by atoms with van der Waals surface area (Å²) >= 11 is 0. The molecule has 0 saturated heterocycles. The number of phenolic OH excluding ortho intramolecular Hbond substituents is 1. The van der Waals surface area contributed by atoms with Gasteiger partial charge in [0.05, 0.1) is 11.3 Å². The minimum absolute atomic E-state index is 0.0160. The molecule has 172 valence electrons. The highest BCUT2D eigenvalue weighted by molar-refractivity contribution is 6.41. The lowest BCUT2D eigenvalue weighted by Crippen LogP contribution is -2.10. The highest BCUT2D eigenvalue weighted by atomic mass is 16.3. The van der Waals surface area contributed by atoms with Crippen molar-refractivity contribution >= 4 is 45.5 Å². The van der Waals surface area contributed by atoms with Crippen molar-refractivity contribution in [1.82, 2.24) is 0 Å². The third-order valence-electron chi connectivity index (χ3n) is 6.50. The second-order valence-electron chi connectivity index (χ2n) is 8.67. The number of carbonyl (C=O) groups is 2. The molecule has 1 N–H and O–H groups in total. The second kappa shape index (κ2) is 8.67. The van der Waals surface area contributed by atoms with Gasteiger partial charge in [-0.1, -0.05) is 78.9 Å². The molecule has 4 heteroatoms. The van der Waals surface area contributed by atoms with E-state index in [4.69, 9.17) is 0 Å². The van der Waals surface area contributed by atoms with Crippen LogP contribution in [-0.2, 0) is 0 Å². The molecule has 4 nitrogen and oxygen atoms in total. The van der Waals surface area contributed by atoms with E-state index in [1.54, 1.807) is 36.4 Å². The Labute approximate surface area is 208 Å². The second-order valence-corrected chi connectivity index (χ2v) is 8.67. The first kappa shape index (κ1) is 21.6. The predicted octanol–water partition coefficient (Wildman–Crippen LogP) is 7.48. The lowest BCUT2D eigenvalue weighted by molar-refractivity contribution is 0.0990. The van der Waals surface area contributed by atoms with Crippen LogP contribution in [0.15, 0.2) is 121 Å². The Morgan fingerprint density at radius 1 is 0.611 bits per heavy atom. The van der Waals surface area contributed by atoms with E-state index >= 15 is 0 Å². The predicted molar refractivity (Wildman–Crippen MR) is 143 cm³/mol. The Morgan fingerprint density at radius 2 is 1.25 bits per heavy atom. The molecule has 5 aromatic carbocycles. The monoisotopic (exact) mass is 467 g/mol. The Hall–Kier alpha value is -4.96. The molecule has 0 saturated carbocycles. The van der Waals surface area contributed by atoms with Gasteiger partial charge >= 0.3 is 0 Å². The average Bonchev–Trinajstić information content (AvgIpc) is 3.16. The van der Waals surface area contributed by atoms with Crippen molar-refractivity contribution in [3.8, 4) is 5.75 Å². The van der Waals surface area contributed by atoms with Gasteiger partial charge in [0.1, 0.15) is 5.75 Å². The Bertz CT molecular complexity index is 1640. The molecular weight excluding hydrogens is 446 g/mol. The van der Waals surface area contributed by atoms with Gasteiger partial charge in [0.25, 0.3) is 0 Å². The summed E-state index contributed by atoms with van der Waals surface area (Å²) in [5.74, 6) is -0.654. The van der Waals surface area contributed by atoms with Crippen LogP contribution in [0.1, 0.15) is 26.3 Å². The SMILES string of the molecule is O=C1C(=Cc2ccc(N(c3ccccc3)c3cccc4ccccc34)cc2O)C(=O)c2ccccc21. The van der Waals surface area contributed by atoms with Crippen molar-refractivity contribution in [2.45, 2.75) is 0 Å². The van der Waals surface area contributed by atoms with Crippen molar-refractivity contribution in [2.75, 3.05) is 4.90 Å². The fourth-order valence-corrected chi connectivity index (χ4v) is 4.76. The molecule has 0 aliphatic heterocycles. The summed E-state index contributed by atoms with van der Waals surface area (Å²) in [6, 6.07) is 36.3. The summed E-state index contributed by atoms with van der Waals surface area (Å²) in [6.45, 7) is 0. The number of hydrogen-bond acceptors (Lipinski definition) is 4. The van der Waals surface area contributed by atoms with Crippen LogP contribution in [0.4, 0.5) is 17.1 Å². The normalized spacial score (nSPS) is 12.6. The number of allylic oxidation sites excluding steroid dienone is 1. The number of rotatable bonds is 4. The largest absolute Gasteiger partial charge is 0.507 e. The zero-order chi connectivity index (χ0) is 24.6. The molecule has 0 unspecified atom stereocenters. The number of Topliss-reactive ketones (excluding diaryl/α,β-unsaturated/α-hetero) is 2. The van der Waals surface area contributed by atoms with Crippen LogP contribution >= 0.6 is 0 Å². The van der Waals surface area contributed by atoms with Crippen molar-refractivity contribution in [1.29, 1.82) is 0 Å². The Balaban J connectivity index is 1.46. The highest BCUT2D eigenvalue weighted by Crippen LogP contribution is 2.40. The molecule has 0 aromatic heterocycles. The van der Waals surface area contributed by atoms with E-state index in [1.165, 1.54) is 6.08 Å². The molecule has 0 atom stereocenters. The van der Waals surface area contributed by atoms with Gasteiger partial charge in [0.2, 0.25) is 0 Å². The van der Waals surface area contributed by atoms with Crippen molar-refractivity contribution in [2.24, 2.45) is 0 Å². The molecule has 36 heavy (non-hydrogen) atoms. The fourth-order valence-electron chi connectivity index (χ4n) is 4.76. The molecular formula is C32H21NO3. The topological polar surface area (TPSA) is 57.6 Å². The lowest BCUT2D eigenvalue weighted by atomic mass is 10.0. The summed E-state index contributed by atoms with van der Waals surface area (Å²) < 4.78 is 0. The average molecular weight is 468 g/mol. The van der Waals surface area contributed by atoms with Crippen molar-refractivity contribution < 1.29 is 14.7 Å². The van der Waals surface area contributed by atoms with E-state index in [-0.39, 0.29) is 22.9 Å². The molecule has 0 heterocycles. The molecule has 6 rings (SSSR count). The number of ketones is 2. The van der Waals surface area contributed by atoms with Crippen LogP contribution in [0.3, 0.4) is 0 Å². The van der Waals surface area contributed by atoms with Crippen molar-refractivity contribution in [3.63, 3.8) is 0 Å². The zero-order valence-electron chi connectivity index (χ0n) is 19.3. The van der Waals surface area contributed by atoms with Gasteiger partial charge < -0.3 is 10.0 Å². The standard InChI is InChI=1S/C32H21NO3/c34-30-20-24(18-17-22(30)19-28-31(35)26-14-6-7-15-27(26)32(28)36)33(23-11-2-1-3-12-23)29-16-8-10-21-9-4-5-13-25(21)29/h1-20,34H. The first-order valence-corrected chi connectivity index (χ1v) is 11.7. The third kappa shape index (κ3) is 3.56. The van der Waals surface area contributed by atoms with Crippen LogP contribution in [0.2, 0.25) is 0 Å². The first-order chi connectivity index (χ1) is 17.6. The van der Waals surface area contributed by atoms with Crippen molar-refractivity contribution in [3.05, 3.63) is 138 Å². The number of phenols is 1. The maximum atomic E-state index is 12.8.